The van der Waals surface area contributed by atoms with Crippen molar-refractivity contribution in [2.75, 3.05) is 26.0 Å². The number of hydrogen-bond acceptors (Lipinski definition) is 3. The van der Waals surface area contributed by atoms with Crippen molar-refractivity contribution in [2.45, 2.75) is 38.5 Å². The summed E-state index contributed by atoms with van der Waals surface area (Å²) in [4.78, 5) is 0. The Morgan fingerprint density at radius 1 is 1.10 bits per heavy atom. The Hall–Kier alpha value is -0.130. The fraction of sp³-hybridized carbons (Fsp3) is 1.00. The van der Waals surface area contributed by atoms with Gasteiger partial charge in [0.1, 0.15) is 0 Å². The van der Waals surface area contributed by atoms with Crippen LogP contribution in [0.2, 0.25) is 0 Å². The summed E-state index contributed by atoms with van der Waals surface area (Å²) >= 11 is 0. The second-order valence-electron chi connectivity index (χ2n) is 6.99. The summed E-state index contributed by atoms with van der Waals surface area (Å²) < 4.78 is 31.2. The summed E-state index contributed by atoms with van der Waals surface area (Å²) in [6, 6.07) is 0. The molecule has 4 atom stereocenters. The Morgan fingerprint density at radius 3 is 2.35 bits per heavy atom. The quantitative estimate of drug-likeness (QED) is 0.732. The average Bonchev–Trinajstić information content (AvgIpc) is 3.09. The Labute approximate surface area is 122 Å². The number of rotatable bonds is 7. The molecule has 0 spiro atoms. The van der Waals surface area contributed by atoms with Crippen LogP contribution in [0.3, 0.4) is 0 Å². The molecule has 5 heteroatoms. The van der Waals surface area contributed by atoms with Crippen molar-refractivity contribution in [3.63, 3.8) is 0 Å². The molecule has 20 heavy (non-hydrogen) atoms. The number of nitrogens with one attached hydrogen (secondary N) is 1. The minimum atomic E-state index is -3.11. The molecule has 0 aromatic carbocycles. The van der Waals surface area contributed by atoms with E-state index in [-0.39, 0.29) is 5.75 Å². The third-order valence-corrected chi connectivity index (χ3v) is 7.33. The molecule has 3 aliphatic rings. The van der Waals surface area contributed by atoms with Gasteiger partial charge in [-0.25, -0.2) is 13.1 Å². The van der Waals surface area contributed by atoms with E-state index in [0.29, 0.717) is 19.1 Å². The van der Waals surface area contributed by atoms with Gasteiger partial charge < -0.3 is 4.74 Å². The first kappa shape index (κ1) is 14.8. The van der Waals surface area contributed by atoms with E-state index in [2.05, 4.69) is 4.72 Å². The van der Waals surface area contributed by atoms with Crippen LogP contribution in [-0.4, -0.2) is 34.4 Å². The zero-order valence-corrected chi connectivity index (χ0v) is 13.2. The van der Waals surface area contributed by atoms with E-state index in [4.69, 9.17) is 4.74 Å². The third-order valence-electron chi connectivity index (χ3n) is 5.91. The number of ether oxygens (including phenoxy) is 1. The molecule has 0 aliphatic heterocycles. The van der Waals surface area contributed by atoms with Crippen LogP contribution in [0.5, 0.6) is 0 Å². The highest BCUT2D eigenvalue weighted by Gasteiger charge is 2.51. The maximum atomic E-state index is 11.9. The van der Waals surface area contributed by atoms with Crippen molar-refractivity contribution in [2.24, 2.45) is 29.6 Å². The van der Waals surface area contributed by atoms with Gasteiger partial charge in [0.05, 0.1) is 12.4 Å². The number of hydrogen-bond donors (Lipinski definition) is 1. The van der Waals surface area contributed by atoms with Crippen molar-refractivity contribution >= 4 is 10.0 Å². The van der Waals surface area contributed by atoms with Gasteiger partial charge in [0.2, 0.25) is 10.0 Å². The standard InChI is InChI=1S/C15H27NO3S/c1-19-6-5-16-20(17,18)7-4-11-8-14-12-2-3-13(10-12)15(14)9-11/h11-16H,2-10H2,1H3. The van der Waals surface area contributed by atoms with Crippen molar-refractivity contribution in [3.05, 3.63) is 0 Å². The van der Waals surface area contributed by atoms with E-state index in [9.17, 15) is 8.42 Å². The van der Waals surface area contributed by atoms with Gasteiger partial charge in [0.15, 0.2) is 0 Å². The molecule has 3 aliphatic carbocycles. The SMILES string of the molecule is COCCNS(=O)(=O)CCC1CC2C3CCC(C3)C2C1. The maximum Gasteiger partial charge on any atom is 0.211 e. The van der Waals surface area contributed by atoms with Crippen LogP contribution in [0.4, 0.5) is 0 Å². The molecule has 0 aromatic rings. The highest BCUT2D eigenvalue weighted by molar-refractivity contribution is 7.89. The van der Waals surface area contributed by atoms with E-state index in [0.717, 1.165) is 30.1 Å². The van der Waals surface area contributed by atoms with E-state index >= 15 is 0 Å². The largest absolute Gasteiger partial charge is 0.383 e. The topological polar surface area (TPSA) is 55.4 Å². The summed E-state index contributed by atoms with van der Waals surface area (Å²) in [7, 11) is -1.52. The molecule has 116 valence electrons. The van der Waals surface area contributed by atoms with Gasteiger partial charge in [0.25, 0.3) is 0 Å². The summed E-state index contributed by atoms with van der Waals surface area (Å²) in [5.74, 6) is 4.76. The first-order valence-corrected chi connectivity index (χ1v) is 9.70. The van der Waals surface area contributed by atoms with Crippen LogP contribution in [0.25, 0.3) is 0 Å². The highest BCUT2D eigenvalue weighted by Crippen LogP contribution is 2.60. The van der Waals surface area contributed by atoms with Gasteiger partial charge in [-0.15, -0.1) is 0 Å². The van der Waals surface area contributed by atoms with Crippen molar-refractivity contribution in [1.29, 1.82) is 0 Å². The summed E-state index contributed by atoms with van der Waals surface area (Å²) in [6.45, 7) is 0.828. The molecule has 4 nitrogen and oxygen atoms in total. The van der Waals surface area contributed by atoms with E-state index < -0.39 is 10.0 Å². The second kappa shape index (κ2) is 5.93. The minimum Gasteiger partial charge on any atom is -0.383 e. The summed E-state index contributed by atoms with van der Waals surface area (Å²) in [5.41, 5.74) is 0. The first-order chi connectivity index (χ1) is 9.59. The van der Waals surface area contributed by atoms with Crippen molar-refractivity contribution in [1.82, 2.24) is 4.72 Å². The summed E-state index contributed by atoms with van der Waals surface area (Å²) in [6.07, 6.45) is 7.78. The molecule has 3 rings (SSSR count). The molecular formula is C15H27NO3S. The molecule has 0 aromatic heterocycles. The van der Waals surface area contributed by atoms with Gasteiger partial charge in [-0.3, -0.25) is 0 Å². The normalized spacial score (nSPS) is 39.4. The molecule has 0 saturated heterocycles. The van der Waals surface area contributed by atoms with Crippen LogP contribution in [-0.2, 0) is 14.8 Å². The lowest BCUT2D eigenvalue weighted by Gasteiger charge is -2.23. The Bertz CT molecular complexity index is 418. The van der Waals surface area contributed by atoms with Gasteiger partial charge in [0, 0.05) is 13.7 Å². The predicted molar refractivity (Wildman–Crippen MR) is 78.8 cm³/mol. The van der Waals surface area contributed by atoms with Crippen molar-refractivity contribution in [3.8, 4) is 0 Å². The molecule has 0 heterocycles. The van der Waals surface area contributed by atoms with Gasteiger partial charge in [-0.2, -0.15) is 0 Å². The molecule has 1 N–H and O–H groups in total. The summed E-state index contributed by atoms with van der Waals surface area (Å²) in [5, 5.41) is 0. The Morgan fingerprint density at radius 2 is 1.75 bits per heavy atom. The smallest absolute Gasteiger partial charge is 0.211 e. The maximum absolute atomic E-state index is 11.9. The zero-order chi connectivity index (χ0) is 14.2. The molecule has 3 fully saturated rings. The average molecular weight is 301 g/mol. The molecule has 0 radical (unpaired) electrons. The van der Waals surface area contributed by atoms with Crippen LogP contribution in [0.15, 0.2) is 0 Å². The van der Waals surface area contributed by atoms with Crippen LogP contribution in [0, 0.1) is 29.6 Å². The van der Waals surface area contributed by atoms with E-state index in [1.807, 2.05) is 0 Å². The fourth-order valence-electron chi connectivity index (χ4n) is 5.06. The fourth-order valence-corrected chi connectivity index (χ4v) is 6.24. The van der Waals surface area contributed by atoms with Crippen molar-refractivity contribution < 1.29 is 13.2 Å². The lowest BCUT2D eigenvalue weighted by atomic mass is 9.82. The van der Waals surface area contributed by atoms with Gasteiger partial charge in [-0.05, 0) is 68.1 Å². The monoisotopic (exact) mass is 301 g/mol. The van der Waals surface area contributed by atoms with Gasteiger partial charge in [-0.1, -0.05) is 0 Å². The molecule has 0 amide bonds. The van der Waals surface area contributed by atoms with Crippen LogP contribution >= 0.6 is 0 Å². The predicted octanol–water partition coefficient (Wildman–Crippen LogP) is 2.01. The van der Waals surface area contributed by atoms with Crippen LogP contribution in [0.1, 0.15) is 38.5 Å². The molecule has 3 saturated carbocycles. The second-order valence-corrected chi connectivity index (χ2v) is 8.92. The number of methoxy groups -OCH3 is 1. The molecule has 4 unspecified atom stereocenters. The Balaban J connectivity index is 1.44. The zero-order valence-electron chi connectivity index (χ0n) is 12.4. The first-order valence-electron chi connectivity index (χ1n) is 8.05. The third kappa shape index (κ3) is 3.04. The van der Waals surface area contributed by atoms with E-state index in [1.165, 1.54) is 32.1 Å². The van der Waals surface area contributed by atoms with Crippen LogP contribution < -0.4 is 4.72 Å². The lowest BCUT2D eigenvalue weighted by molar-refractivity contribution is 0.204. The Kier molecular flexibility index (Phi) is 4.39. The molecular weight excluding hydrogens is 274 g/mol. The molecule has 2 bridgehead atoms. The highest BCUT2D eigenvalue weighted by atomic mass is 32.2. The minimum absolute atomic E-state index is 0.288. The van der Waals surface area contributed by atoms with Gasteiger partial charge >= 0.3 is 0 Å². The number of sulfonamides is 1. The van der Waals surface area contributed by atoms with E-state index in [1.54, 1.807) is 7.11 Å². The lowest BCUT2D eigenvalue weighted by Crippen LogP contribution is -2.30. The number of fused-ring (bicyclic) bond motifs is 5.